The normalized spacial score (nSPS) is 21.3. The summed E-state index contributed by atoms with van der Waals surface area (Å²) in [6.45, 7) is 6.76. The summed E-state index contributed by atoms with van der Waals surface area (Å²) in [4.78, 5) is 11.1. The summed E-state index contributed by atoms with van der Waals surface area (Å²) in [5.74, 6) is 1.66. The first kappa shape index (κ1) is 23.8. The topological polar surface area (TPSA) is 42.9 Å². The number of thiophene rings is 2. The zero-order valence-electron chi connectivity index (χ0n) is 17.8. The van der Waals surface area contributed by atoms with E-state index in [1.165, 1.54) is 35.8 Å². The molecule has 166 valence electrons. The summed E-state index contributed by atoms with van der Waals surface area (Å²) in [5, 5.41) is 13.0. The number of likely N-dealkylation sites (tertiary alicyclic amines) is 1. The smallest absolute Gasteiger partial charge is 0.191 e. The molecule has 1 unspecified atom stereocenters. The molecular formula is C22H34IN5S2. The van der Waals surface area contributed by atoms with Crippen LogP contribution in [0.5, 0.6) is 0 Å². The van der Waals surface area contributed by atoms with Gasteiger partial charge in [0.05, 0.1) is 5.00 Å². The Kier molecular flexibility index (Phi) is 9.73. The maximum absolute atomic E-state index is 4.49. The van der Waals surface area contributed by atoms with E-state index in [2.05, 4.69) is 60.5 Å². The maximum atomic E-state index is 4.49. The summed E-state index contributed by atoms with van der Waals surface area (Å²) in [6, 6.07) is 9.29. The van der Waals surface area contributed by atoms with Crippen molar-refractivity contribution in [3.8, 4) is 0 Å². The highest BCUT2D eigenvalue weighted by Crippen LogP contribution is 2.25. The van der Waals surface area contributed by atoms with Crippen LogP contribution >= 0.6 is 46.7 Å². The van der Waals surface area contributed by atoms with E-state index in [0.29, 0.717) is 12.0 Å². The van der Waals surface area contributed by atoms with Crippen LogP contribution < -0.4 is 15.5 Å². The molecule has 0 radical (unpaired) electrons. The van der Waals surface area contributed by atoms with Crippen LogP contribution in [0.3, 0.4) is 0 Å². The number of rotatable bonds is 6. The lowest BCUT2D eigenvalue weighted by Crippen LogP contribution is -2.50. The van der Waals surface area contributed by atoms with Gasteiger partial charge in [0.1, 0.15) is 0 Å². The van der Waals surface area contributed by atoms with Gasteiger partial charge in [-0.15, -0.1) is 46.7 Å². The van der Waals surface area contributed by atoms with Gasteiger partial charge in [0.2, 0.25) is 0 Å². The molecule has 0 amide bonds. The molecule has 0 bridgehead atoms. The Morgan fingerprint density at radius 1 is 1.10 bits per heavy atom. The fourth-order valence-corrected chi connectivity index (χ4v) is 5.94. The van der Waals surface area contributed by atoms with Crippen LogP contribution in [0, 0.1) is 5.92 Å². The SMILES string of the molecule is CN=C(NCC1CCCN(Cc2cccs2)C1)NC1CCN(c2cccs2)CC1.I. The maximum Gasteiger partial charge on any atom is 0.191 e. The van der Waals surface area contributed by atoms with Crippen molar-refractivity contribution in [2.45, 2.75) is 38.3 Å². The molecule has 8 heteroatoms. The third-order valence-electron chi connectivity index (χ3n) is 6.00. The van der Waals surface area contributed by atoms with E-state index in [1.54, 1.807) is 0 Å². The molecule has 4 heterocycles. The second-order valence-corrected chi connectivity index (χ2v) is 10.1. The van der Waals surface area contributed by atoms with Gasteiger partial charge in [-0.2, -0.15) is 0 Å². The number of anilines is 1. The monoisotopic (exact) mass is 559 g/mol. The second-order valence-electron chi connectivity index (χ2n) is 8.13. The molecular weight excluding hydrogens is 525 g/mol. The minimum absolute atomic E-state index is 0. The van der Waals surface area contributed by atoms with Crippen molar-refractivity contribution in [1.82, 2.24) is 15.5 Å². The summed E-state index contributed by atoms with van der Waals surface area (Å²) in [5.41, 5.74) is 0. The number of nitrogens with one attached hydrogen (secondary N) is 2. The molecule has 30 heavy (non-hydrogen) atoms. The fraction of sp³-hybridized carbons (Fsp3) is 0.591. The van der Waals surface area contributed by atoms with Gasteiger partial charge < -0.3 is 15.5 Å². The molecule has 2 N–H and O–H groups in total. The van der Waals surface area contributed by atoms with E-state index in [1.807, 2.05) is 29.7 Å². The number of hydrogen-bond acceptors (Lipinski definition) is 5. The molecule has 2 aromatic heterocycles. The average Bonchev–Trinajstić information content (AvgIpc) is 3.46. The molecule has 0 aromatic carbocycles. The van der Waals surface area contributed by atoms with Crippen LogP contribution in [0.2, 0.25) is 0 Å². The predicted octanol–water partition coefficient (Wildman–Crippen LogP) is 4.47. The molecule has 2 fully saturated rings. The lowest BCUT2D eigenvalue weighted by molar-refractivity contribution is 0.169. The van der Waals surface area contributed by atoms with Gasteiger partial charge in [-0.05, 0) is 67.1 Å². The van der Waals surface area contributed by atoms with E-state index in [0.717, 1.165) is 45.0 Å². The van der Waals surface area contributed by atoms with Gasteiger partial charge in [0.25, 0.3) is 0 Å². The fourth-order valence-electron chi connectivity index (χ4n) is 4.41. The standard InChI is InChI=1S/C22H33N5S2.HI/c1-23-22(25-19-8-11-27(12-9-19)21-7-4-14-29-21)24-15-18-5-2-10-26(16-18)17-20-6-3-13-28-20;/h3-4,6-7,13-14,18-19H,2,5,8-12,15-17H2,1H3,(H2,23,24,25);1H. The summed E-state index contributed by atoms with van der Waals surface area (Å²) in [6.07, 6.45) is 4.93. The largest absolute Gasteiger partial charge is 0.363 e. The predicted molar refractivity (Wildman–Crippen MR) is 142 cm³/mol. The van der Waals surface area contributed by atoms with Gasteiger partial charge in [0, 0.05) is 50.7 Å². The Balaban J connectivity index is 0.00000256. The summed E-state index contributed by atoms with van der Waals surface area (Å²) in [7, 11) is 1.89. The number of guanidine groups is 1. The zero-order chi connectivity index (χ0) is 19.9. The first-order valence-electron chi connectivity index (χ1n) is 10.8. The first-order valence-corrected chi connectivity index (χ1v) is 12.6. The molecule has 2 aliphatic heterocycles. The number of halogens is 1. The average molecular weight is 560 g/mol. The van der Waals surface area contributed by atoms with Crippen molar-refractivity contribution in [3.05, 3.63) is 39.9 Å². The third kappa shape index (κ3) is 6.83. The number of nitrogens with zero attached hydrogens (tertiary/aromatic N) is 3. The molecule has 2 aromatic rings. The Morgan fingerprint density at radius 3 is 2.60 bits per heavy atom. The van der Waals surface area contributed by atoms with Crippen LogP contribution in [0.15, 0.2) is 40.0 Å². The van der Waals surface area contributed by atoms with Crippen molar-refractivity contribution < 1.29 is 0 Å². The van der Waals surface area contributed by atoms with Crippen LogP contribution in [-0.2, 0) is 6.54 Å². The van der Waals surface area contributed by atoms with Gasteiger partial charge >= 0.3 is 0 Å². The Hall–Kier alpha value is -0.840. The molecule has 2 aliphatic rings. The molecule has 0 aliphatic carbocycles. The molecule has 0 saturated carbocycles. The lowest BCUT2D eigenvalue weighted by atomic mass is 9.98. The summed E-state index contributed by atoms with van der Waals surface area (Å²) >= 11 is 3.71. The van der Waals surface area contributed by atoms with Crippen molar-refractivity contribution >= 4 is 57.6 Å². The quantitative estimate of drug-likeness (QED) is 0.312. The lowest BCUT2D eigenvalue weighted by Gasteiger charge is -2.35. The van der Waals surface area contributed by atoms with Crippen LogP contribution in [0.25, 0.3) is 0 Å². The first-order chi connectivity index (χ1) is 14.3. The van der Waals surface area contributed by atoms with Crippen molar-refractivity contribution in [2.75, 3.05) is 44.7 Å². The van der Waals surface area contributed by atoms with Gasteiger partial charge in [-0.1, -0.05) is 6.07 Å². The van der Waals surface area contributed by atoms with Gasteiger partial charge in [-0.3, -0.25) is 9.89 Å². The highest BCUT2D eigenvalue weighted by atomic mass is 127. The van der Waals surface area contributed by atoms with Crippen LogP contribution in [0.1, 0.15) is 30.6 Å². The number of piperidine rings is 2. The van der Waals surface area contributed by atoms with Gasteiger partial charge in [-0.25, -0.2) is 0 Å². The van der Waals surface area contributed by atoms with E-state index in [4.69, 9.17) is 0 Å². The number of aliphatic imine (C=N–C) groups is 1. The van der Waals surface area contributed by atoms with E-state index in [-0.39, 0.29) is 24.0 Å². The van der Waals surface area contributed by atoms with Crippen molar-refractivity contribution in [3.63, 3.8) is 0 Å². The molecule has 0 spiro atoms. The van der Waals surface area contributed by atoms with Crippen LogP contribution in [-0.4, -0.2) is 56.7 Å². The highest BCUT2D eigenvalue weighted by molar-refractivity contribution is 14.0. The number of hydrogen-bond donors (Lipinski definition) is 2. The third-order valence-corrected chi connectivity index (χ3v) is 7.79. The Morgan fingerprint density at radius 2 is 1.90 bits per heavy atom. The molecule has 1 atom stereocenters. The minimum Gasteiger partial charge on any atom is -0.363 e. The van der Waals surface area contributed by atoms with Crippen LogP contribution in [0.4, 0.5) is 5.00 Å². The van der Waals surface area contributed by atoms with E-state index < -0.39 is 0 Å². The summed E-state index contributed by atoms with van der Waals surface area (Å²) < 4.78 is 0. The minimum atomic E-state index is 0. The van der Waals surface area contributed by atoms with E-state index in [9.17, 15) is 0 Å². The van der Waals surface area contributed by atoms with Crippen molar-refractivity contribution in [1.29, 1.82) is 0 Å². The highest BCUT2D eigenvalue weighted by Gasteiger charge is 2.23. The Labute approximate surface area is 206 Å². The molecule has 4 rings (SSSR count). The molecule has 2 saturated heterocycles. The van der Waals surface area contributed by atoms with Crippen molar-refractivity contribution in [2.24, 2.45) is 10.9 Å². The van der Waals surface area contributed by atoms with E-state index >= 15 is 0 Å². The van der Waals surface area contributed by atoms with Gasteiger partial charge in [0.15, 0.2) is 5.96 Å². The Bertz CT molecular complexity index is 742. The zero-order valence-corrected chi connectivity index (χ0v) is 21.7. The second kappa shape index (κ2) is 12.3. The molecule has 5 nitrogen and oxygen atoms in total.